The molecule has 1 amide bonds. The van der Waals surface area contributed by atoms with Crippen molar-refractivity contribution in [2.75, 3.05) is 5.32 Å². The van der Waals surface area contributed by atoms with Crippen LogP contribution >= 0.6 is 0 Å². The van der Waals surface area contributed by atoms with E-state index in [1.807, 2.05) is 0 Å². The monoisotopic (exact) mass is 293 g/mol. The van der Waals surface area contributed by atoms with Gasteiger partial charge in [0.05, 0.1) is 10.9 Å². The van der Waals surface area contributed by atoms with Gasteiger partial charge in [-0.3, -0.25) is 9.59 Å². The summed E-state index contributed by atoms with van der Waals surface area (Å²) < 4.78 is 5.42. The van der Waals surface area contributed by atoms with E-state index in [1.54, 1.807) is 48.5 Å². The number of para-hydroxylation sites is 2. The SMILES string of the molecule is O=C1Nc2ccccc2[C@]1(O)c1coc2ccccc2c1=O. The average molecular weight is 293 g/mol. The van der Waals surface area contributed by atoms with Crippen molar-refractivity contribution >= 4 is 22.6 Å². The molecule has 4 rings (SSSR count). The van der Waals surface area contributed by atoms with E-state index in [0.717, 1.165) is 6.26 Å². The number of nitrogens with one attached hydrogen (secondary N) is 1. The number of amides is 1. The molecule has 5 nitrogen and oxygen atoms in total. The predicted molar refractivity (Wildman–Crippen MR) is 80.6 cm³/mol. The number of carbonyl (C=O) groups is 1. The Morgan fingerprint density at radius 1 is 0.955 bits per heavy atom. The van der Waals surface area contributed by atoms with E-state index in [2.05, 4.69) is 5.32 Å². The standard InChI is InChI=1S/C17H11NO4/c19-15-10-5-1-4-8-14(10)22-9-12(15)17(21)11-6-2-3-7-13(11)18-16(17)20/h1-9,21H,(H,18,20)/t17-/m0/s1. The lowest BCUT2D eigenvalue weighted by atomic mass is 9.88. The van der Waals surface area contributed by atoms with Gasteiger partial charge in [0.25, 0.3) is 5.91 Å². The Morgan fingerprint density at radius 3 is 2.55 bits per heavy atom. The number of hydrogen-bond donors (Lipinski definition) is 2. The molecule has 0 saturated heterocycles. The van der Waals surface area contributed by atoms with Gasteiger partial charge in [0, 0.05) is 11.3 Å². The van der Waals surface area contributed by atoms with E-state index in [1.165, 1.54) is 0 Å². The van der Waals surface area contributed by atoms with Gasteiger partial charge in [-0.25, -0.2) is 0 Å². The van der Waals surface area contributed by atoms with E-state index in [-0.39, 0.29) is 5.56 Å². The van der Waals surface area contributed by atoms with Gasteiger partial charge in [-0.15, -0.1) is 0 Å². The first-order chi connectivity index (χ1) is 10.6. The molecular formula is C17H11NO4. The Kier molecular flexibility index (Phi) is 2.49. The molecule has 22 heavy (non-hydrogen) atoms. The first kappa shape index (κ1) is 12.8. The van der Waals surface area contributed by atoms with Crippen LogP contribution in [-0.4, -0.2) is 11.0 Å². The van der Waals surface area contributed by atoms with Crippen LogP contribution in [0.2, 0.25) is 0 Å². The summed E-state index contributed by atoms with van der Waals surface area (Å²) in [6, 6.07) is 13.4. The van der Waals surface area contributed by atoms with Crippen LogP contribution in [0.25, 0.3) is 11.0 Å². The average Bonchev–Trinajstić information content (AvgIpc) is 2.80. The molecule has 2 N–H and O–H groups in total. The molecule has 0 radical (unpaired) electrons. The molecule has 1 aliphatic rings. The molecule has 2 aromatic carbocycles. The first-order valence-corrected chi connectivity index (χ1v) is 6.77. The number of aliphatic hydroxyl groups is 1. The zero-order chi connectivity index (χ0) is 15.3. The lowest BCUT2D eigenvalue weighted by Crippen LogP contribution is -2.39. The second kappa shape index (κ2) is 4.29. The van der Waals surface area contributed by atoms with Crippen LogP contribution in [0.5, 0.6) is 0 Å². The van der Waals surface area contributed by atoms with Crippen molar-refractivity contribution < 1.29 is 14.3 Å². The fraction of sp³-hybridized carbons (Fsp3) is 0.0588. The van der Waals surface area contributed by atoms with Crippen molar-refractivity contribution in [3.63, 3.8) is 0 Å². The fourth-order valence-electron chi connectivity index (χ4n) is 2.84. The van der Waals surface area contributed by atoms with Crippen LogP contribution in [0, 0.1) is 0 Å². The number of fused-ring (bicyclic) bond motifs is 2. The number of rotatable bonds is 1. The molecule has 0 spiro atoms. The van der Waals surface area contributed by atoms with E-state index in [0.29, 0.717) is 22.2 Å². The largest absolute Gasteiger partial charge is 0.464 e. The summed E-state index contributed by atoms with van der Waals surface area (Å²) in [6.45, 7) is 0. The topological polar surface area (TPSA) is 79.5 Å². The third-order valence-corrected chi connectivity index (χ3v) is 3.96. The van der Waals surface area contributed by atoms with Crippen molar-refractivity contribution in [2.24, 2.45) is 0 Å². The third-order valence-electron chi connectivity index (χ3n) is 3.96. The Bertz CT molecular complexity index is 976. The number of carbonyl (C=O) groups excluding carboxylic acids is 1. The van der Waals surface area contributed by atoms with Crippen LogP contribution < -0.4 is 10.7 Å². The minimum absolute atomic E-state index is 0.0892. The molecule has 0 aliphatic carbocycles. The Balaban J connectivity index is 2.05. The molecule has 3 aromatic rings. The maximum atomic E-state index is 12.7. The minimum atomic E-state index is -2.04. The molecule has 1 aromatic heterocycles. The van der Waals surface area contributed by atoms with Crippen molar-refractivity contribution in [3.05, 3.63) is 76.1 Å². The maximum absolute atomic E-state index is 12.7. The van der Waals surface area contributed by atoms with Gasteiger partial charge in [-0.05, 0) is 18.2 Å². The molecule has 108 valence electrons. The van der Waals surface area contributed by atoms with Crippen LogP contribution in [-0.2, 0) is 10.4 Å². The van der Waals surface area contributed by atoms with Gasteiger partial charge < -0.3 is 14.8 Å². The van der Waals surface area contributed by atoms with Crippen molar-refractivity contribution in [3.8, 4) is 0 Å². The zero-order valence-electron chi connectivity index (χ0n) is 11.4. The molecule has 5 heteroatoms. The predicted octanol–water partition coefficient (Wildman–Crippen LogP) is 1.98. The van der Waals surface area contributed by atoms with Gasteiger partial charge in [0.1, 0.15) is 11.8 Å². The molecule has 2 heterocycles. The number of hydrogen-bond acceptors (Lipinski definition) is 4. The molecule has 1 atom stereocenters. The summed E-state index contributed by atoms with van der Waals surface area (Å²) in [5.41, 5.74) is -1.30. The van der Waals surface area contributed by atoms with Gasteiger partial charge in [-0.2, -0.15) is 0 Å². The van der Waals surface area contributed by atoms with Crippen LogP contribution in [0.3, 0.4) is 0 Å². The van der Waals surface area contributed by atoms with Crippen molar-refractivity contribution in [1.29, 1.82) is 0 Å². The third kappa shape index (κ3) is 1.51. The summed E-state index contributed by atoms with van der Waals surface area (Å²) in [7, 11) is 0. The minimum Gasteiger partial charge on any atom is -0.464 e. The smallest absolute Gasteiger partial charge is 0.266 e. The van der Waals surface area contributed by atoms with E-state index < -0.39 is 16.9 Å². The lowest BCUT2D eigenvalue weighted by molar-refractivity contribution is -0.129. The molecule has 0 unspecified atom stereocenters. The summed E-state index contributed by atoms with van der Waals surface area (Å²) >= 11 is 0. The van der Waals surface area contributed by atoms with Crippen LogP contribution in [0.4, 0.5) is 5.69 Å². The second-order valence-corrected chi connectivity index (χ2v) is 5.18. The van der Waals surface area contributed by atoms with Gasteiger partial charge in [0.15, 0.2) is 5.43 Å². The zero-order valence-corrected chi connectivity index (χ0v) is 11.4. The van der Waals surface area contributed by atoms with Gasteiger partial charge in [0.2, 0.25) is 5.60 Å². The maximum Gasteiger partial charge on any atom is 0.266 e. The Morgan fingerprint density at radius 2 is 1.68 bits per heavy atom. The summed E-state index contributed by atoms with van der Waals surface area (Å²) in [5, 5.41) is 13.9. The van der Waals surface area contributed by atoms with Crippen LogP contribution in [0.15, 0.2) is 64.0 Å². The molecule has 0 saturated carbocycles. The number of benzene rings is 2. The van der Waals surface area contributed by atoms with Crippen LogP contribution in [0.1, 0.15) is 11.1 Å². The molecule has 0 bridgehead atoms. The van der Waals surface area contributed by atoms with Gasteiger partial charge in [-0.1, -0.05) is 30.3 Å². The summed E-state index contributed by atoms with van der Waals surface area (Å²) in [4.78, 5) is 25.0. The number of anilines is 1. The normalized spacial score (nSPS) is 20.0. The van der Waals surface area contributed by atoms with E-state index in [4.69, 9.17) is 4.42 Å². The quantitative estimate of drug-likeness (QED) is 0.719. The fourth-order valence-corrected chi connectivity index (χ4v) is 2.84. The summed E-state index contributed by atoms with van der Waals surface area (Å²) in [5.74, 6) is -0.656. The molecule has 1 aliphatic heterocycles. The Hall–Kier alpha value is -2.92. The Labute approximate surface area is 124 Å². The highest BCUT2D eigenvalue weighted by Gasteiger charge is 2.48. The molecule has 0 fully saturated rings. The summed E-state index contributed by atoms with van der Waals surface area (Å²) in [6.07, 6.45) is 1.16. The molecular weight excluding hydrogens is 282 g/mol. The highest BCUT2D eigenvalue weighted by Crippen LogP contribution is 2.39. The van der Waals surface area contributed by atoms with E-state index >= 15 is 0 Å². The van der Waals surface area contributed by atoms with Crippen molar-refractivity contribution in [1.82, 2.24) is 0 Å². The van der Waals surface area contributed by atoms with E-state index in [9.17, 15) is 14.7 Å². The van der Waals surface area contributed by atoms with Crippen molar-refractivity contribution in [2.45, 2.75) is 5.60 Å². The highest BCUT2D eigenvalue weighted by molar-refractivity contribution is 6.07. The second-order valence-electron chi connectivity index (χ2n) is 5.18. The first-order valence-electron chi connectivity index (χ1n) is 6.77. The lowest BCUT2D eigenvalue weighted by Gasteiger charge is -2.20. The highest BCUT2D eigenvalue weighted by atomic mass is 16.3. The van der Waals surface area contributed by atoms with Gasteiger partial charge >= 0.3 is 0 Å².